The molecule has 1 aromatic carbocycles. The number of unbranched alkanes of at least 4 members (excludes halogenated alkanes) is 1. The summed E-state index contributed by atoms with van der Waals surface area (Å²) < 4.78 is 10.4. The molecule has 1 heterocycles. The van der Waals surface area contributed by atoms with E-state index in [2.05, 4.69) is 0 Å². The van der Waals surface area contributed by atoms with E-state index in [1.54, 1.807) is 6.08 Å². The number of thioether (sulfide) groups is 1. The molecule has 1 fully saturated rings. The average Bonchev–Trinajstić information content (AvgIpc) is 2.90. The first-order valence-electron chi connectivity index (χ1n) is 8.26. The number of phenolic OH excluding ortho intramolecular Hbond substituents is 1. The third-order valence-electron chi connectivity index (χ3n) is 4.04. The molecule has 1 aliphatic heterocycles. The number of ether oxygens (including phenoxy) is 2. The van der Waals surface area contributed by atoms with Crippen LogP contribution in [-0.4, -0.2) is 46.5 Å². The fraction of sp³-hybridized carbons (Fsp3) is 0.389. The predicted molar refractivity (Wildman–Crippen MR) is 105 cm³/mol. The maximum absolute atomic E-state index is 12.8. The first-order valence-corrected chi connectivity index (χ1v) is 9.49. The lowest BCUT2D eigenvalue weighted by Crippen LogP contribution is -2.49. The molecule has 0 radical (unpaired) electrons. The van der Waals surface area contributed by atoms with E-state index < -0.39 is 17.9 Å². The Labute approximate surface area is 166 Å². The van der Waals surface area contributed by atoms with E-state index in [0.717, 1.165) is 23.1 Å². The molecule has 2 rings (SSSR count). The highest BCUT2D eigenvalue weighted by molar-refractivity contribution is 8.26. The number of methoxy groups -OCH3 is 2. The van der Waals surface area contributed by atoms with E-state index in [1.165, 1.54) is 26.4 Å². The van der Waals surface area contributed by atoms with E-state index in [9.17, 15) is 19.8 Å². The van der Waals surface area contributed by atoms with Crippen LogP contribution in [0.5, 0.6) is 17.2 Å². The lowest BCUT2D eigenvalue weighted by molar-refractivity contribution is -0.310. The minimum Gasteiger partial charge on any atom is -0.548 e. The van der Waals surface area contributed by atoms with Gasteiger partial charge < -0.3 is 24.5 Å². The Morgan fingerprint density at radius 3 is 2.44 bits per heavy atom. The van der Waals surface area contributed by atoms with Crippen molar-refractivity contribution in [3.8, 4) is 17.2 Å². The number of aromatic hydroxyl groups is 1. The zero-order valence-electron chi connectivity index (χ0n) is 15.2. The number of carboxylic acids is 1. The van der Waals surface area contributed by atoms with E-state index in [0.29, 0.717) is 12.0 Å². The largest absolute Gasteiger partial charge is 0.548 e. The van der Waals surface area contributed by atoms with Gasteiger partial charge in [0.1, 0.15) is 4.32 Å². The summed E-state index contributed by atoms with van der Waals surface area (Å²) in [4.78, 5) is 25.6. The zero-order chi connectivity index (χ0) is 20.1. The van der Waals surface area contributed by atoms with Gasteiger partial charge in [0.15, 0.2) is 11.5 Å². The van der Waals surface area contributed by atoms with Gasteiger partial charge in [0.25, 0.3) is 5.91 Å². The smallest absolute Gasteiger partial charge is 0.266 e. The van der Waals surface area contributed by atoms with Crippen molar-refractivity contribution in [2.75, 3.05) is 14.2 Å². The van der Waals surface area contributed by atoms with Crippen LogP contribution in [-0.2, 0) is 9.59 Å². The summed E-state index contributed by atoms with van der Waals surface area (Å²) in [6.07, 6.45) is 3.26. The molecule has 0 aliphatic carbocycles. The Morgan fingerprint density at radius 1 is 1.37 bits per heavy atom. The van der Waals surface area contributed by atoms with Crippen molar-refractivity contribution < 1.29 is 29.3 Å². The zero-order valence-corrected chi connectivity index (χ0v) is 16.8. The van der Waals surface area contributed by atoms with Gasteiger partial charge in [-0.1, -0.05) is 43.7 Å². The Kier molecular flexibility index (Phi) is 7.09. The van der Waals surface area contributed by atoms with Crippen LogP contribution in [0.1, 0.15) is 31.7 Å². The van der Waals surface area contributed by atoms with Crippen molar-refractivity contribution in [3.05, 3.63) is 22.6 Å². The van der Waals surface area contributed by atoms with Crippen molar-refractivity contribution in [1.29, 1.82) is 0 Å². The highest BCUT2D eigenvalue weighted by Gasteiger charge is 2.37. The van der Waals surface area contributed by atoms with Crippen molar-refractivity contribution in [2.24, 2.45) is 0 Å². The highest BCUT2D eigenvalue weighted by atomic mass is 32.2. The number of phenols is 1. The molecule has 0 bridgehead atoms. The van der Waals surface area contributed by atoms with Crippen LogP contribution in [0.25, 0.3) is 6.08 Å². The molecule has 146 valence electrons. The van der Waals surface area contributed by atoms with Crippen molar-refractivity contribution in [1.82, 2.24) is 4.90 Å². The van der Waals surface area contributed by atoms with E-state index in [1.807, 2.05) is 6.92 Å². The van der Waals surface area contributed by atoms with Crippen molar-refractivity contribution in [2.45, 2.75) is 32.2 Å². The number of aliphatic carboxylic acids is 1. The lowest BCUT2D eigenvalue weighted by atomic mass is 10.1. The molecule has 1 N–H and O–H groups in total. The van der Waals surface area contributed by atoms with Gasteiger partial charge in [-0.15, -0.1) is 0 Å². The molecule has 1 amide bonds. The molecule has 1 saturated heterocycles. The molecule has 1 atom stereocenters. The monoisotopic (exact) mass is 410 g/mol. The number of rotatable bonds is 8. The van der Waals surface area contributed by atoms with Gasteiger partial charge >= 0.3 is 0 Å². The summed E-state index contributed by atoms with van der Waals surface area (Å²) in [5, 5.41) is 21.5. The maximum atomic E-state index is 12.8. The van der Waals surface area contributed by atoms with Gasteiger partial charge in [0.05, 0.1) is 31.1 Å². The second-order valence-electron chi connectivity index (χ2n) is 5.80. The van der Waals surface area contributed by atoms with Crippen LogP contribution in [0.3, 0.4) is 0 Å². The number of amides is 1. The van der Waals surface area contributed by atoms with Crippen LogP contribution in [0.4, 0.5) is 0 Å². The Hall–Kier alpha value is -2.26. The number of hydrogen-bond donors (Lipinski definition) is 1. The number of carboxylic acid groups (broad SMARTS) is 1. The van der Waals surface area contributed by atoms with Gasteiger partial charge in [0.2, 0.25) is 5.75 Å². The van der Waals surface area contributed by atoms with E-state index in [-0.39, 0.29) is 32.9 Å². The first-order chi connectivity index (χ1) is 12.8. The van der Waals surface area contributed by atoms with Crippen LogP contribution >= 0.6 is 24.0 Å². The fourth-order valence-electron chi connectivity index (χ4n) is 2.65. The van der Waals surface area contributed by atoms with Gasteiger partial charge in [0, 0.05) is 0 Å². The number of nitrogens with zero attached hydrogens (tertiary/aromatic N) is 1. The second-order valence-corrected chi connectivity index (χ2v) is 7.48. The molecule has 27 heavy (non-hydrogen) atoms. The standard InChI is InChI=1S/C18H21NO6S2/c1-4-5-6-11(17(22)23)19-16(21)14(27-18(19)26)9-10-7-12(24-2)15(20)13(8-10)25-3/h7-9,11,20H,4-6H2,1-3H3,(H,22,23)/p-1/b14-9-/t11-/m1/s1. The number of carbonyl (C=O) groups excluding carboxylic acids is 2. The van der Waals surface area contributed by atoms with Gasteiger partial charge in [-0.3, -0.25) is 9.69 Å². The third kappa shape index (κ3) is 4.54. The molecule has 9 heteroatoms. The predicted octanol–water partition coefficient (Wildman–Crippen LogP) is 1.92. The fourth-order valence-corrected chi connectivity index (χ4v) is 4.00. The topological polar surface area (TPSA) is 99.1 Å². The molecule has 1 aromatic rings. The van der Waals surface area contributed by atoms with Crippen LogP contribution in [0.15, 0.2) is 17.0 Å². The normalized spacial score (nSPS) is 16.7. The molecule has 0 spiro atoms. The van der Waals surface area contributed by atoms with Crippen LogP contribution in [0.2, 0.25) is 0 Å². The average molecular weight is 410 g/mol. The number of carbonyl (C=O) groups is 2. The lowest BCUT2D eigenvalue weighted by Gasteiger charge is -2.27. The van der Waals surface area contributed by atoms with Crippen LogP contribution < -0.4 is 14.6 Å². The van der Waals surface area contributed by atoms with Crippen LogP contribution in [0, 0.1) is 0 Å². The van der Waals surface area contributed by atoms with Crippen molar-refractivity contribution in [3.63, 3.8) is 0 Å². The molecule has 1 aliphatic rings. The summed E-state index contributed by atoms with van der Waals surface area (Å²) in [6, 6.07) is 1.99. The number of benzene rings is 1. The summed E-state index contributed by atoms with van der Waals surface area (Å²) in [5.74, 6) is -1.59. The molecule has 0 unspecified atom stereocenters. The summed E-state index contributed by atoms with van der Waals surface area (Å²) in [7, 11) is 2.80. The SMILES string of the molecule is CCCC[C@H](C(=O)[O-])N1C(=O)/C(=C/c2cc(OC)c(O)c(OC)c2)SC1=S. The molecule has 0 saturated carbocycles. The number of hydrogen-bond acceptors (Lipinski definition) is 8. The molecular formula is C18H20NO6S2-. The third-order valence-corrected chi connectivity index (χ3v) is 5.37. The first kappa shape index (κ1) is 21.0. The summed E-state index contributed by atoms with van der Waals surface area (Å²) in [6.45, 7) is 1.93. The molecule has 7 nitrogen and oxygen atoms in total. The van der Waals surface area contributed by atoms with E-state index >= 15 is 0 Å². The van der Waals surface area contributed by atoms with Gasteiger partial charge in [-0.25, -0.2) is 0 Å². The minimum absolute atomic E-state index is 0.152. The minimum atomic E-state index is -1.33. The summed E-state index contributed by atoms with van der Waals surface area (Å²) >= 11 is 6.24. The number of thiocarbonyl (C=S) groups is 1. The van der Waals surface area contributed by atoms with Crippen molar-refractivity contribution >= 4 is 46.3 Å². The Morgan fingerprint density at radius 2 is 1.96 bits per heavy atom. The molecule has 0 aromatic heterocycles. The van der Waals surface area contributed by atoms with Gasteiger partial charge in [-0.2, -0.15) is 0 Å². The molecular weight excluding hydrogens is 390 g/mol. The Bertz CT molecular complexity index is 767. The van der Waals surface area contributed by atoms with Gasteiger partial charge in [-0.05, 0) is 30.2 Å². The Balaban J connectivity index is 2.37. The highest BCUT2D eigenvalue weighted by Crippen LogP contribution is 2.40. The quantitative estimate of drug-likeness (QED) is 0.513. The second kappa shape index (κ2) is 9.09. The summed E-state index contributed by atoms with van der Waals surface area (Å²) in [5.41, 5.74) is 0.542. The van der Waals surface area contributed by atoms with E-state index in [4.69, 9.17) is 21.7 Å². The maximum Gasteiger partial charge on any atom is 0.266 e.